The molecule has 0 bridgehead atoms. The minimum Gasteiger partial charge on any atom is -0.343 e. The fraction of sp³-hybridized carbons (Fsp3) is 0.565. The molecular formula is C23H29NO2. The number of benzene rings is 1. The molecule has 1 aliphatic heterocycles. The Balaban J connectivity index is 2.00. The summed E-state index contributed by atoms with van der Waals surface area (Å²) in [5.41, 5.74) is 5.51. The Hall–Kier alpha value is -1.90. The second kappa shape index (κ2) is 5.31. The van der Waals surface area contributed by atoms with E-state index in [2.05, 4.69) is 24.4 Å². The number of ketones is 1. The molecule has 1 aromatic rings. The van der Waals surface area contributed by atoms with Crippen molar-refractivity contribution in [1.82, 2.24) is 5.32 Å². The molecule has 3 heteroatoms. The average molecular weight is 351 g/mol. The highest BCUT2D eigenvalue weighted by molar-refractivity contribution is 6.28. The number of carbonyl (C=O) groups excluding carboxylic acids is 2. The summed E-state index contributed by atoms with van der Waals surface area (Å²) in [6.45, 7) is 12.1. The number of amides is 1. The van der Waals surface area contributed by atoms with E-state index < -0.39 is 11.0 Å². The van der Waals surface area contributed by atoms with E-state index in [0.717, 1.165) is 28.7 Å². The zero-order valence-corrected chi connectivity index (χ0v) is 16.7. The van der Waals surface area contributed by atoms with Gasteiger partial charge < -0.3 is 5.32 Å². The fourth-order valence-electron chi connectivity index (χ4n) is 4.68. The zero-order valence-electron chi connectivity index (χ0n) is 16.7. The summed E-state index contributed by atoms with van der Waals surface area (Å²) in [6, 6.07) is 4.52. The predicted molar refractivity (Wildman–Crippen MR) is 104 cm³/mol. The standard InChI is InChI=1S/C23H29NO2/c1-7-12-10-14(13-8-9-13)11-15-16(12)18-19(23(5,6)24-21(18)26)17(15)20(25)22(2,3)4/h10-11,13,17H,7-9H2,1-6H3,(H,24,26). The molecule has 2 aliphatic carbocycles. The first-order valence-electron chi connectivity index (χ1n) is 9.84. The maximum Gasteiger partial charge on any atom is 0.252 e. The summed E-state index contributed by atoms with van der Waals surface area (Å²) in [6.07, 6.45) is 3.35. The van der Waals surface area contributed by atoms with Crippen LogP contribution in [0.2, 0.25) is 0 Å². The van der Waals surface area contributed by atoms with Gasteiger partial charge in [-0.1, -0.05) is 39.8 Å². The number of nitrogens with one attached hydrogen (secondary N) is 1. The summed E-state index contributed by atoms with van der Waals surface area (Å²) in [7, 11) is 0. The highest BCUT2D eigenvalue weighted by Crippen LogP contribution is 2.54. The van der Waals surface area contributed by atoms with Gasteiger partial charge in [0.05, 0.1) is 11.5 Å². The van der Waals surface area contributed by atoms with Crippen molar-refractivity contribution in [2.45, 2.75) is 78.2 Å². The van der Waals surface area contributed by atoms with Gasteiger partial charge in [-0.05, 0) is 66.9 Å². The lowest BCUT2D eigenvalue weighted by molar-refractivity contribution is -0.127. The molecule has 1 N–H and O–H groups in total. The molecule has 1 heterocycles. The minimum atomic E-state index is -0.484. The molecule has 3 nitrogen and oxygen atoms in total. The van der Waals surface area contributed by atoms with Gasteiger partial charge in [0.2, 0.25) is 0 Å². The Morgan fingerprint density at radius 2 is 1.88 bits per heavy atom. The zero-order chi connectivity index (χ0) is 19.0. The van der Waals surface area contributed by atoms with Crippen molar-refractivity contribution in [2.75, 3.05) is 0 Å². The number of rotatable bonds is 3. The Bertz CT molecular complexity index is 863. The van der Waals surface area contributed by atoms with E-state index in [1.54, 1.807) is 0 Å². The van der Waals surface area contributed by atoms with Gasteiger partial charge >= 0.3 is 0 Å². The van der Waals surface area contributed by atoms with Crippen LogP contribution in [0.1, 0.15) is 88.5 Å². The number of fused-ring (bicyclic) bond motifs is 2. The second-order valence-electron chi connectivity index (χ2n) is 9.69. The van der Waals surface area contributed by atoms with E-state index in [1.807, 2.05) is 34.6 Å². The molecule has 0 radical (unpaired) electrons. The Morgan fingerprint density at radius 1 is 1.23 bits per heavy atom. The highest BCUT2D eigenvalue weighted by atomic mass is 16.2. The van der Waals surface area contributed by atoms with Crippen LogP contribution in [0.5, 0.6) is 0 Å². The molecule has 26 heavy (non-hydrogen) atoms. The van der Waals surface area contributed by atoms with Crippen LogP contribution < -0.4 is 5.32 Å². The number of carbonyl (C=O) groups is 2. The Morgan fingerprint density at radius 3 is 2.42 bits per heavy atom. The average Bonchev–Trinajstić information content (AvgIpc) is 3.28. The number of Topliss-reactive ketones (excluding diaryl/α,β-unsaturated/α-hetero) is 1. The molecule has 1 amide bonds. The van der Waals surface area contributed by atoms with E-state index in [9.17, 15) is 9.59 Å². The molecule has 0 aromatic heterocycles. The molecular weight excluding hydrogens is 322 g/mol. The van der Waals surface area contributed by atoms with E-state index in [-0.39, 0.29) is 17.6 Å². The van der Waals surface area contributed by atoms with E-state index >= 15 is 0 Å². The lowest BCUT2D eigenvalue weighted by Gasteiger charge is -2.31. The van der Waals surface area contributed by atoms with Gasteiger partial charge in [0.1, 0.15) is 5.78 Å². The van der Waals surface area contributed by atoms with Crippen LogP contribution in [0.3, 0.4) is 0 Å². The van der Waals surface area contributed by atoms with Crippen LogP contribution in [-0.4, -0.2) is 17.2 Å². The third kappa shape index (κ3) is 2.39. The first-order chi connectivity index (χ1) is 12.1. The van der Waals surface area contributed by atoms with Crippen molar-refractivity contribution in [3.05, 3.63) is 40.0 Å². The quantitative estimate of drug-likeness (QED) is 0.871. The van der Waals surface area contributed by atoms with Crippen molar-refractivity contribution in [1.29, 1.82) is 0 Å². The van der Waals surface area contributed by atoms with Crippen molar-refractivity contribution in [3.63, 3.8) is 0 Å². The van der Waals surface area contributed by atoms with Crippen LogP contribution in [0.4, 0.5) is 0 Å². The van der Waals surface area contributed by atoms with Crippen molar-refractivity contribution in [2.24, 2.45) is 5.41 Å². The Labute approximate surface area is 156 Å². The maximum atomic E-state index is 13.5. The second-order valence-corrected chi connectivity index (χ2v) is 9.69. The molecule has 1 unspecified atom stereocenters. The van der Waals surface area contributed by atoms with E-state index in [0.29, 0.717) is 5.92 Å². The smallest absolute Gasteiger partial charge is 0.252 e. The molecule has 3 aliphatic rings. The van der Waals surface area contributed by atoms with Gasteiger partial charge in [-0.25, -0.2) is 0 Å². The molecule has 138 valence electrons. The van der Waals surface area contributed by atoms with E-state index in [1.165, 1.54) is 24.0 Å². The third-order valence-corrected chi connectivity index (χ3v) is 6.15. The number of hydrogen-bond donors (Lipinski definition) is 1. The summed E-state index contributed by atoms with van der Waals surface area (Å²) in [5, 5.41) is 3.11. The first kappa shape index (κ1) is 17.5. The van der Waals surface area contributed by atoms with Gasteiger partial charge in [-0.2, -0.15) is 0 Å². The largest absolute Gasteiger partial charge is 0.343 e. The van der Waals surface area contributed by atoms with Crippen LogP contribution in [0.25, 0.3) is 5.57 Å². The molecule has 1 saturated carbocycles. The predicted octanol–water partition coefficient (Wildman–Crippen LogP) is 4.50. The van der Waals surface area contributed by atoms with Crippen molar-refractivity contribution >= 4 is 17.3 Å². The SMILES string of the molecule is CCc1cc(C2CC2)cc2c1C1=C(C2C(=O)C(C)(C)C)C(C)(C)NC1=O. The molecule has 1 atom stereocenters. The van der Waals surface area contributed by atoms with Crippen molar-refractivity contribution in [3.8, 4) is 0 Å². The van der Waals surface area contributed by atoms with E-state index in [4.69, 9.17) is 0 Å². The van der Waals surface area contributed by atoms with Crippen LogP contribution in [-0.2, 0) is 16.0 Å². The summed E-state index contributed by atoms with van der Waals surface area (Å²) in [4.78, 5) is 26.4. The van der Waals surface area contributed by atoms with Crippen LogP contribution in [0.15, 0.2) is 17.7 Å². The van der Waals surface area contributed by atoms with Crippen molar-refractivity contribution < 1.29 is 9.59 Å². The highest BCUT2D eigenvalue weighted by Gasteiger charge is 2.52. The monoisotopic (exact) mass is 351 g/mol. The summed E-state index contributed by atoms with van der Waals surface area (Å²) >= 11 is 0. The molecule has 0 saturated heterocycles. The van der Waals surface area contributed by atoms with Gasteiger partial charge in [-0.15, -0.1) is 0 Å². The van der Waals surface area contributed by atoms with Gasteiger partial charge in [0, 0.05) is 11.0 Å². The first-order valence-corrected chi connectivity index (χ1v) is 9.84. The number of hydrogen-bond acceptors (Lipinski definition) is 2. The fourth-order valence-corrected chi connectivity index (χ4v) is 4.68. The summed E-state index contributed by atoms with van der Waals surface area (Å²) in [5.74, 6) is 0.513. The minimum absolute atomic E-state index is 0.0238. The molecule has 0 spiro atoms. The third-order valence-electron chi connectivity index (χ3n) is 6.15. The van der Waals surface area contributed by atoms with Gasteiger partial charge in [0.15, 0.2) is 0 Å². The molecule has 1 fully saturated rings. The number of aryl methyl sites for hydroxylation is 1. The van der Waals surface area contributed by atoms with Gasteiger partial charge in [0.25, 0.3) is 5.91 Å². The molecule has 4 rings (SSSR count). The van der Waals surface area contributed by atoms with Crippen LogP contribution in [0, 0.1) is 5.41 Å². The summed E-state index contributed by atoms with van der Waals surface area (Å²) < 4.78 is 0. The lowest BCUT2D eigenvalue weighted by atomic mass is 9.74. The normalized spacial score (nSPS) is 23.8. The maximum absolute atomic E-state index is 13.5. The van der Waals surface area contributed by atoms with Gasteiger partial charge in [-0.3, -0.25) is 9.59 Å². The Kier molecular flexibility index (Phi) is 3.58. The topological polar surface area (TPSA) is 46.2 Å². The lowest BCUT2D eigenvalue weighted by Crippen LogP contribution is -2.42. The van der Waals surface area contributed by atoms with Crippen LogP contribution >= 0.6 is 0 Å². The molecule has 1 aromatic carbocycles.